The average molecular weight is 364 g/mol. The Labute approximate surface area is 151 Å². The van der Waals surface area contributed by atoms with Gasteiger partial charge >= 0.3 is 5.97 Å². The minimum absolute atomic E-state index is 0.369. The molecule has 24 heavy (non-hydrogen) atoms. The first-order chi connectivity index (χ1) is 11.6. The number of aryl methyl sites for hydroxylation is 1. The molecule has 7 heteroatoms. The van der Waals surface area contributed by atoms with Gasteiger partial charge in [0.25, 0.3) is 0 Å². The van der Waals surface area contributed by atoms with Crippen molar-refractivity contribution < 1.29 is 14.3 Å². The lowest BCUT2D eigenvalue weighted by Gasteiger charge is -2.10. The van der Waals surface area contributed by atoms with Crippen LogP contribution in [-0.2, 0) is 17.7 Å². The minimum Gasteiger partial charge on any atom is -0.497 e. The molecule has 0 aliphatic rings. The topological polar surface area (TPSA) is 59.6 Å². The first-order valence-electron chi connectivity index (χ1n) is 7.46. The van der Waals surface area contributed by atoms with E-state index in [1.165, 1.54) is 18.4 Å². The third-order valence-corrected chi connectivity index (χ3v) is 4.82. The van der Waals surface area contributed by atoms with Crippen molar-refractivity contribution in [2.75, 3.05) is 19.5 Å². The molecular weight excluding hydrogens is 344 g/mol. The van der Waals surface area contributed by atoms with Crippen LogP contribution in [0.4, 0.5) is 5.00 Å². The Balaban J connectivity index is 1.98. The quantitative estimate of drug-likeness (QED) is 0.603. The normalized spacial score (nSPS) is 10.1. The predicted molar refractivity (Wildman–Crippen MR) is 101 cm³/mol. The van der Waals surface area contributed by atoms with E-state index in [-0.39, 0.29) is 5.97 Å². The van der Waals surface area contributed by atoms with Crippen molar-refractivity contribution in [1.82, 2.24) is 5.32 Å². The van der Waals surface area contributed by atoms with Gasteiger partial charge < -0.3 is 20.1 Å². The number of benzene rings is 1. The van der Waals surface area contributed by atoms with Crippen LogP contribution >= 0.6 is 23.6 Å². The monoisotopic (exact) mass is 364 g/mol. The molecule has 1 aromatic heterocycles. The second-order valence-corrected chi connectivity index (χ2v) is 6.50. The van der Waals surface area contributed by atoms with Gasteiger partial charge in [0.05, 0.1) is 19.8 Å². The number of carbonyl (C=O) groups excluding carboxylic acids is 1. The lowest BCUT2D eigenvalue weighted by molar-refractivity contribution is 0.0602. The average Bonchev–Trinajstić information content (AvgIpc) is 3.02. The fraction of sp³-hybridized carbons (Fsp3) is 0.294. The number of anilines is 1. The molecule has 128 valence electrons. The number of rotatable bonds is 6. The van der Waals surface area contributed by atoms with Crippen LogP contribution in [0.15, 0.2) is 30.3 Å². The van der Waals surface area contributed by atoms with Gasteiger partial charge in [-0.05, 0) is 42.4 Å². The Kier molecular flexibility index (Phi) is 6.57. The van der Waals surface area contributed by atoms with E-state index in [1.54, 1.807) is 7.11 Å². The summed E-state index contributed by atoms with van der Waals surface area (Å²) in [7, 11) is 3.01. The van der Waals surface area contributed by atoms with Crippen molar-refractivity contribution >= 4 is 39.6 Å². The summed E-state index contributed by atoms with van der Waals surface area (Å²) in [6.45, 7) is 2.62. The summed E-state index contributed by atoms with van der Waals surface area (Å²) < 4.78 is 9.95. The number of ether oxygens (including phenoxy) is 2. The van der Waals surface area contributed by atoms with Crippen molar-refractivity contribution in [2.45, 2.75) is 19.9 Å². The van der Waals surface area contributed by atoms with Crippen LogP contribution in [-0.4, -0.2) is 25.3 Å². The highest BCUT2D eigenvalue weighted by atomic mass is 32.1. The number of nitrogens with one attached hydrogen (secondary N) is 2. The molecule has 0 saturated heterocycles. The smallest absolute Gasteiger partial charge is 0.340 e. The van der Waals surface area contributed by atoms with Crippen LogP contribution in [0, 0.1) is 0 Å². The van der Waals surface area contributed by atoms with Crippen LogP contribution in [0.3, 0.4) is 0 Å². The molecular formula is C17H20N2O3S2. The Bertz CT molecular complexity index is 711. The maximum Gasteiger partial charge on any atom is 0.340 e. The van der Waals surface area contributed by atoms with Gasteiger partial charge in [0.1, 0.15) is 10.8 Å². The molecule has 0 fully saturated rings. The van der Waals surface area contributed by atoms with Gasteiger partial charge in [0, 0.05) is 11.4 Å². The van der Waals surface area contributed by atoms with Crippen LogP contribution in [0.1, 0.15) is 27.7 Å². The summed E-state index contributed by atoms with van der Waals surface area (Å²) in [6.07, 6.45) is 0.850. The number of hydrogen-bond donors (Lipinski definition) is 2. The summed E-state index contributed by atoms with van der Waals surface area (Å²) >= 11 is 6.82. The molecule has 0 aliphatic heterocycles. The van der Waals surface area contributed by atoms with Crippen LogP contribution in [0.25, 0.3) is 0 Å². The largest absolute Gasteiger partial charge is 0.497 e. The molecule has 5 nitrogen and oxygen atoms in total. The zero-order chi connectivity index (χ0) is 17.5. The Hall–Kier alpha value is -2.12. The summed E-state index contributed by atoms with van der Waals surface area (Å²) in [4.78, 5) is 12.9. The van der Waals surface area contributed by atoms with Crippen LogP contribution in [0.2, 0.25) is 0 Å². The third kappa shape index (κ3) is 4.69. The zero-order valence-corrected chi connectivity index (χ0v) is 15.5. The van der Waals surface area contributed by atoms with Crippen molar-refractivity contribution in [3.8, 4) is 5.75 Å². The second kappa shape index (κ2) is 8.65. The second-order valence-electron chi connectivity index (χ2n) is 4.96. The highest BCUT2D eigenvalue weighted by Gasteiger charge is 2.17. The van der Waals surface area contributed by atoms with Crippen LogP contribution < -0.4 is 15.4 Å². The molecule has 2 aromatic rings. The van der Waals surface area contributed by atoms with Crippen molar-refractivity contribution in [3.63, 3.8) is 0 Å². The Morgan fingerprint density at radius 3 is 2.54 bits per heavy atom. The first-order valence-corrected chi connectivity index (χ1v) is 8.68. The molecule has 1 aromatic carbocycles. The predicted octanol–water partition coefficient (Wildman–Crippen LogP) is 3.59. The highest BCUT2D eigenvalue weighted by molar-refractivity contribution is 7.80. The van der Waals surface area contributed by atoms with E-state index in [4.69, 9.17) is 21.7 Å². The van der Waals surface area contributed by atoms with E-state index in [2.05, 4.69) is 10.6 Å². The Morgan fingerprint density at radius 1 is 1.25 bits per heavy atom. The number of methoxy groups -OCH3 is 2. The Morgan fingerprint density at radius 2 is 1.96 bits per heavy atom. The molecule has 0 bridgehead atoms. The van der Waals surface area contributed by atoms with Crippen molar-refractivity contribution in [2.24, 2.45) is 0 Å². The SMILES string of the molecule is CCc1cc(C(=O)OC)c(NC(=S)NCc2ccc(OC)cc2)s1. The molecule has 0 atom stereocenters. The standard InChI is InChI=1S/C17H20N2O3S2/c1-4-13-9-14(16(20)22-3)15(24-13)19-17(23)18-10-11-5-7-12(21-2)8-6-11/h5-9H,4,10H2,1-3H3,(H2,18,19,23). The van der Waals surface area contributed by atoms with E-state index < -0.39 is 0 Å². The molecule has 2 N–H and O–H groups in total. The first kappa shape index (κ1) is 18.2. The fourth-order valence-corrected chi connectivity index (χ4v) is 3.27. The van der Waals surface area contributed by atoms with Gasteiger partial charge in [-0.3, -0.25) is 0 Å². The maximum absolute atomic E-state index is 11.9. The van der Waals surface area contributed by atoms with E-state index in [0.29, 0.717) is 22.2 Å². The molecule has 0 unspecified atom stereocenters. The van der Waals surface area contributed by atoms with Gasteiger partial charge in [-0.25, -0.2) is 4.79 Å². The summed E-state index contributed by atoms with van der Waals surface area (Å²) in [5.41, 5.74) is 1.58. The molecule has 1 heterocycles. The van der Waals surface area contributed by atoms with E-state index in [0.717, 1.165) is 22.6 Å². The van der Waals surface area contributed by atoms with Gasteiger partial charge in [0.15, 0.2) is 5.11 Å². The van der Waals surface area contributed by atoms with Gasteiger partial charge in [-0.15, -0.1) is 11.3 Å². The lowest BCUT2D eigenvalue weighted by atomic mass is 10.2. The zero-order valence-electron chi connectivity index (χ0n) is 13.8. The maximum atomic E-state index is 11.9. The molecule has 0 amide bonds. The number of hydrogen-bond acceptors (Lipinski definition) is 5. The minimum atomic E-state index is -0.369. The van der Waals surface area contributed by atoms with Gasteiger partial charge in [0.2, 0.25) is 0 Å². The summed E-state index contributed by atoms with van der Waals surface area (Å²) in [6, 6.07) is 9.57. The number of esters is 1. The third-order valence-electron chi connectivity index (χ3n) is 3.38. The number of thiocarbonyl (C=S) groups is 1. The van der Waals surface area contributed by atoms with Crippen molar-refractivity contribution in [1.29, 1.82) is 0 Å². The molecule has 2 rings (SSSR count). The van der Waals surface area contributed by atoms with Gasteiger partial charge in [-0.1, -0.05) is 19.1 Å². The molecule has 0 aliphatic carbocycles. The van der Waals surface area contributed by atoms with Crippen LogP contribution in [0.5, 0.6) is 5.75 Å². The number of carbonyl (C=O) groups is 1. The number of thiophene rings is 1. The molecule has 0 saturated carbocycles. The molecule has 0 spiro atoms. The lowest BCUT2D eigenvalue weighted by Crippen LogP contribution is -2.28. The van der Waals surface area contributed by atoms with Gasteiger partial charge in [-0.2, -0.15) is 0 Å². The fourth-order valence-electron chi connectivity index (χ4n) is 2.04. The molecule has 0 radical (unpaired) electrons. The van der Waals surface area contributed by atoms with E-state index >= 15 is 0 Å². The van der Waals surface area contributed by atoms with E-state index in [9.17, 15) is 4.79 Å². The summed E-state index contributed by atoms with van der Waals surface area (Å²) in [5.74, 6) is 0.444. The highest BCUT2D eigenvalue weighted by Crippen LogP contribution is 2.29. The summed E-state index contributed by atoms with van der Waals surface area (Å²) in [5, 5.41) is 7.38. The van der Waals surface area contributed by atoms with E-state index in [1.807, 2.05) is 37.3 Å². The van der Waals surface area contributed by atoms with Crippen molar-refractivity contribution in [3.05, 3.63) is 46.3 Å².